The van der Waals surface area contributed by atoms with Crippen LogP contribution >= 0.6 is 11.8 Å². The number of H-pyrrole nitrogens is 1. The lowest BCUT2D eigenvalue weighted by Gasteiger charge is -2.16. The Hall–Kier alpha value is -1.79. The molecule has 21 heavy (non-hydrogen) atoms. The Labute approximate surface area is 126 Å². The van der Waals surface area contributed by atoms with E-state index in [9.17, 15) is 14.7 Å². The van der Waals surface area contributed by atoms with Crippen LogP contribution < -0.4 is 10.9 Å². The van der Waals surface area contributed by atoms with E-state index in [0.717, 1.165) is 5.75 Å². The molecular formula is C15H18N2O3S. The highest BCUT2D eigenvalue weighted by atomic mass is 32.2. The number of hydrogen-bond donors (Lipinski definition) is 3. The normalized spacial score (nSPS) is 12.3. The number of carbonyl (C=O) groups excluding carboxylic acids is 1. The number of amides is 1. The van der Waals surface area contributed by atoms with Crippen LogP contribution in [-0.2, 0) is 0 Å². The van der Waals surface area contributed by atoms with Gasteiger partial charge in [0.2, 0.25) is 0 Å². The van der Waals surface area contributed by atoms with Crippen LogP contribution in [0.5, 0.6) is 0 Å². The van der Waals surface area contributed by atoms with E-state index < -0.39 is 0 Å². The van der Waals surface area contributed by atoms with Crippen molar-refractivity contribution in [3.8, 4) is 0 Å². The smallest absolute Gasteiger partial charge is 0.255 e. The number of aromatic nitrogens is 1. The van der Waals surface area contributed by atoms with Crippen molar-refractivity contribution in [1.29, 1.82) is 0 Å². The summed E-state index contributed by atoms with van der Waals surface area (Å²) in [5.74, 6) is 0.570. The second kappa shape index (κ2) is 7.28. The van der Waals surface area contributed by atoms with Gasteiger partial charge in [0.1, 0.15) is 0 Å². The summed E-state index contributed by atoms with van der Waals surface area (Å²) >= 11 is 1.66. The van der Waals surface area contributed by atoms with Crippen LogP contribution in [0.3, 0.4) is 0 Å². The number of pyridine rings is 1. The van der Waals surface area contributed by atoms with Crippen molar-refractivity contribution < 1.29 is 9.90 Å². The molecule has 2 rings (SSSR count). The zero-order valence-electron chi connectivity index (χ0n) is 11.8. The van der Waals surface area contributed by atoms with Crippen LogP contribution in [0.15, 0.2) is 35.3 Å². The molecule has 0 spiro atoms. The molecule has 0 aliphatic rings. The molecule has 0 aliphatic heterocycles. The first kappa shape index (κ1) is 15.6. The summed E-state index contributed by atoms with van der Waals surface area (Å²) in [7, 11) is 0. The summed E-state index contributed by atoms with van der Waals surface area (Å²) in [5.41, 5.74) is 0.191. The third kappa shape index (κ3) is 3.65. The molecule has 6 heteroatoms. The predicted molar refractivity (Wildman–Crippen MR) is 85.9 cm³/mol. The number of thioether (sulfide) groups is 1. The van der Waals surface area contributed by atoms with Gasteiger partial charge in [-0.25, -0.2) is 0 Å². The molecule has 1 unspecified atom stereocenters. The molecule has 0 bridgehead atoms. The first-order valence-electron chi connectivity index (χ1n) is 6.68. The maximum absolute atomic E-state index is 12.4. The highest BCUT2D eigenvalue weighted by molar-refractivity contribution is 7.98. The van der Waals surface area contributed by atoms with Gasteiger partial charge < -0.3 is 15.4 Å². The second-order valence-electron chi connectivity index (χ2n) is 4.71. The molecule has 5 nitrogen and oxygen atoms in total. The number of carbonyl (C=O) groups is 1. The maximum Gasteiger partial charge on any atom is 0.255 e. The number of aliphatic hydroxyl groups is 1. The zero-order valence-corrected chi connectivity index (χ0v) is 12.6. The zero-order chi connectivity index (χ0) is 15.2. The Morgan fingerprint density at radius 1 is 1.38 bits per heavy atom. The van der Waals surface area contributed by atoms with Crippen molar-refractivity contribution in [2.75, 3.05) is 18.6 Å². The van der Waals surface area contributed by atoms with Gasteiger partial charge in [-0.3, -0.25) is 9.59 Å². The van der Waals surface area contributed by atoms with Crippen molar-refractivity contribution in [2.45, 2.75) is 12.5 Å². The molecule has 0 saturated heterocycles. The molecule has 1 atom stereocenters. The summed E-state index contributed by atoms with van der Waals surface area (Å²) in [6, 6.07) is 6.69. The largest absolute Gasteiger partial charge is 0.394 e. The van der Waals surface area contributed by atoms with Crippen molar-refractivity contribution in [1.82, 2.24) is 10.3 Å². The lowest BCUT2D eigenvalue weighted by Crippen LogP contribution is -2.38. The molecule has 0 fully saturated rings. The van der Waals surface area contributed by atoms with Gasteiger partial charge in [-0.1, -0.05) is 18.2 Å². The van der Waals surface area contributed by atoms with E-state index in [1.54, 1.807) is 36.0 Å². The fourth-order valence-corrected chi connectivity index (χ4v) is 2.65. The van der Waals surface area contributed by atoms with Crippen molar-refractivity contribution in [2.24, 2.45) is 0 Å². The minimum absolute atomic E-state index is 0.104. The number of hydrogen-bond acceptors (Lipinski definition) is 4. The van der Waals surface area contributed by atoms with E-state index in [1.807, 2.05) is 6.26 Å². The van der Waals surface area contributed by atoms with E-state index in [-0.39, 0.29) is 24.1 Å². The average molecular weight is 306 g/mol. The quantitative estimate of drug-likeness (QED) is 0.753. The molecule has 3 N–H and O–H groups in total. The molecule has 0 saturated carbocycles. The SMILES string of the molecule is CSCCC(CO)NC(=O)c1c[nH]c(=O)c2ccccc12. The van der Waals surface area contributed by atoms with Crippen LogP contribution in [0.25, 0.3) is 10.8 Å². The Balaban J connectivity index is 2.27. The van der Waals surface area contributed by atoms with Crippen molar-refractivity contribution >= 4 is 28.4 Å². The first-order valence-corrected chi connectivity index (χ1v) is 8.08. The standard InChI is InChI=1S/C15H18N2O3S/c1-21-7-6-10(9-18)17-15(20)13-8-16-14(19)12-5-3-2-4-11(12)13/h2-5,8,10,18H,6-7,9H2,1H3,(H,16,19)(H,17,20). The Morgan fingerprint density at radius 3 is 2.76 bits per heavy atom. The number of fused-ring (bicyclic) bond motifs is 1. The summed E-state index contributed by atoms with van der Waals surface area (Å²) in [6.45, 7) is -0.104. The molecule has 0 aliphatic carbocycles. The number of aliphatic hydroxyl groups excluding tert-OH is 1. The van der Waals surface area contributed by atoms with Crippen LogP contribution in [0.2, 0.25) is 0 Å². The lowest BCUT2D eigenvalue weighted by molar-refractivity contribution is 0.0916. The molecule has 1 aromatic heterocycles. The third-order valence-electron chi connectivity index (χ3n) is 3.28. The maximum atomic E-state index is 12.4. The second-order valence-corrected chi connectivity index (χ2v) is 5.70. The molecular weight excluding hydrogens is 288 g/mol. The lowest BCUT2D eigenvalue weighted by atomic mass is 10.1. The number of benzene rings is 1. The number of aromatic amines is 1. The summed E-state index contributed by atoms with van der Waals surface area (Å²) in [6.07, 6.45) is 4.10. The number of rotatable bonds is 6. The summed E-state index contributed by atoms with van der Waals surface area (Å²) in [4.78, 5) is 26.7. The van der Waals surface area contributed by atoms with E-state index in [1.165, 1.54) is 6.20 Å². The van der Waals surface area contributed by atoms with E-state index in [4.69, 9.17) is 0 Å². The van der Waals surface area contributed by atoms with Crippen molar-refractivity contribution in [3.05, 3.63) is 46.4 Å². The van der Waals surface area contributed by atoms with Gasteiger partial charge in [0.15, 0.2) is 0 Å². The van der Waals surface area contributed by atoms with Crippen LogP contribution in [0.1, 0.15) is 16.8 Å². The van der Waals surface area contributed by atoms with Crippen molar-refractivity contribution in [3.63, 3.8) is 0 Å². The summed E-state index contributed by atoms with van der Waals surface area (Å²) < 4.78 is 0. The van der Waals surface area contributed by atoms with Gasteiger partial charge in [0.25, 0.3) is 11.5 Å². The highest BCUT2D eigenvalue weighted by Crippen LogP contribution is 2.14. The van der Waals surface area contributed by atoms with Gasteiger partial charge in [0, 0.05) is 17.0 Å². The Bertz CT molecular complexity index is 684. The first-order chi connectivity index (χ1) is 10.2. The molecule has 112 valence electrons. The molecule has 1 amide bonds. The van der Waals surface area contributed by atoms with E-state index in [2.05, 4.69) is 10.3 Å². The Kier molecular flexibility index (Phi) is 5.41. The predicted octanol–water partition coefficient (Wildman–Crippen LogP) is 1.37. The molecule has 2 aromatic rings. The average Bonchev–Trinajstić information content (AvgIpc) is 2.51. The number of nitrogens with one attached hydrogen (secondary N) is 2. The Morgan fingerprint density at radius 2 is 2.10 bits per heavy atom. The highest BCUT2D eigenvalue weighted by Gasteiger charge is 2.15. The van der Waals surface area contributed by atoms with Gasteiger partial charge >= 0.3 is 0 Å². The monoisotopic (exact) mass is 306 g/mol. The summed E-state index contributed by atoms with van der Waals surface area (Å²) in [5, 5.41) is 13.2. The molecule has 0 radical (unpaired) electrons. The minimum atomic E-state index is -0.289. The minimum Gasteiger partial charge on any atom is -0.394 e. The topological polar surface area (TPSA) is 82.2 Å². The fraction of sp³-hybridized carbons (Fsp3) is 0.333. The van der Waals surface area contributed by atoms with E-state index >= 15 is 0 Å². The van der Waals surface area contributed by atoms with Gasteiger partial charge in [0.05, 0.1) is 18.2 Å². The fourth-order valence-electron chi connectivity index (χ4n) is 2.13. The molecule has 1 heterocycles. The third-order valence-corrected chi connectivity index (χ3v) is 3.92. The van der Waals surface area contributed by atoms with Crippen LogP contribution in [0, 0.1) is 0 Å². The van der Waals surface area contributed by atoms with Gasteiger partial charge in [-0.2, -0.15) is 11.8 Å². The van der Waals surface area contributed by atoms with Crippen LogP contribution in [-0.4, -0.2) is 40.7 Å². The van der Waals surface area contributed by atoms with Gasteiger partial charge in [-0.05, 0) is 24.5 Å². The van der Waals surface area contributed by atoms with E-state index in [0.29, 0.717) is 22.8 Å². The van der Waals surface area contributed by atoms with Crippen LogP contribution in [0.4, 0.5) is 0 Å². The van der Waals surface area contributed by atoms with Gasteiger partial charge in [-0.15, -0.1) is 0 Å². The molecule has 1 aromatic carbocycles.